The number of hydrogen-bond acceptors (Lipinski definition) is 4. The fourth-order valence-electron chi connectivity index (χ4n) is 2.96. The van der Waals surface area contributed by atoms with Crippen molar-refractivity contribution in [1.82, 2.24) is 4.98 Å². The summed E-state index contributed by atoms with van der Waals surface area (Å²) in [4.78, 5) is 20.8. The summed E-state index contributed by atoms with van der Waals surface area (Å²) < 4.78 is 0.968. The lowest BCUT2D eigenvalue weighted by molar-refractivity contribution is 0.100. The van der Waals surface area contributed by atoms with Crippen molar-refractivity contribution >= 4 is 54.8 Å². The second-order valence-corrected chi connectivity index (χ2v) is 8.26. The van der Waals surface area contributed by atoms with Gasteiger partial charge in [0.2, 0.25) is 0 Å². The van der Waals surface area contributed by atoms with Crippen molar-refractivity contribution in [2.75, 3.05) is 10.2 Å². The maximum absolute atomic E-state index is 13.2. The van der Waals surface area contributed by atoms with E-state index in [0.717, 1.165) is 31.6 Å². The highest BCUT2D eigenvalue weighted by Crippen LogP contribution is 2.37. The van der Waals surface area contributed by atoms with Crippen LogP contribution in [0.25, 0.3) is 10.2 Å². The van der Waals surface area contributed by atoms with Crippen LogP contribution in [0.1, 0.15) is 28.1 Å². The van der Waals surface area contributed by atoms with Gasteiger partial charge < -0.3 is 5.32 Å². The number of carbonyl (C=O) groups is 1. The summed E-state index contributed by atoms with van der Waals surface area (Å²) in [5.74, 6) is -0.0832. The summed E-state index contributed by atoms with van der Waals surface area (Å²) in [6, 6.07) is 10.2. The largest absolute Gasteiger partial charge is 0.382 e. The third-order valence-corrected chi connectivity index (χ3v) is 6.18. The van der Waals surface area contributed by atoms with E-state index in [1.807, 2.05) is 37.3 Å². The molecule has 1 fully saturated rings. The number of nitrogens with zero attached hydrogens (tertiary/aromatic N) is 2. The molecule has 1 saturated carbocycles. The van der Waals surface area contributed by atoms with Gasteiger partial charge in [-0.15, -0.1) is 11.3 Å². The van der Waals surface area contributed by atoms with Crippen LogP contribution in [0.2, 0.25) is 0 Å². The van der Waals surface area contributed by atoms with Crippen LogP contribution in [-0.2, 0) is 0 Å². The number of nitrogens with one attached hydrogen (secondary N) is 1. The van der Waals surface area contributed by atoms with Gasteiger partial charge in [0.15, 0.2) is 0 Å². The molecule has 0 unspecified atom stereocenters. The number of pyridine rings is 1. The van der Waals surface area contributed by atoms with Crippen molar-refractivity contribution in [1.29, 1.82) is 0 Å². The Labute approximate surface area is 164 Å². The lowest BCUT2D eigenvalue weighted by Crippen LogP contribution is -2.24. The Bertz CT molecular complexity index is 992. The Morgan fingerprint density at radius 2 is 2.08 bits per heavy atom. The van der Waals surface area contributed by atoms with Gasteiger partial charge in [-0.2, -0.15) is 0 Å². The predicted molar refractivity (Wildman–Crippen MR) is 112 cm³/mol. The molecule has 1 amide bonds. The number of hydrogen-bond donors (Lipinski definition) is 1. The quantitative estimate of drug-likeness (QED) is 0.565. The first-order chi connectivity index (χ1) is 12.6. The predicted octanol–water partition coefficient (Wildman–Crippen LogP) is 5.73. The van der Waals surface area contributed by atoms with Crippen LogP contribution in [0, 0.1) is 6.92 Å². The summed E-state index contributed by atoms with van der Waals surface area (Å²) in [6.45, 7) is 5.82. The van der Waals surface area contributed by atoms with E-state index in [1.54, 1.807) is 17.3 Å². The van der Waals surface area contributed by atoms with E-state index in [4.69, 9.17) is 0 Å². The Balaban J connectivity index is 1.75. The molecule has 0 aliphatic heterocycles. The zero-order chi connectivity index (χ0) is 18.3. The number of anilines is 2. The van der Waals surface area contributed by atoms with Gasteiger partial charge in [-0.05, 0) is 55.7 Å². The Morgan fingerprint density at radius 1 is 1.35 bits per heavy atom. The zero-order valence-corrected chi connectivity index (χ0v) is 16.7. The van der Waals surface area contributed by atoms with Crippen molar-refractivity contribution in [2.24, 2.45) is 0 Å². The molecule has 1 N–H and O–H groups in total. The standard InChI is InChI=1S/C20H18BrN3OS/c1-3-24(15-8-4-13(21)5-9-15)20(25)18-12(2)17-16(23-14-6-7-14)10-11-22-19(17)26-18/h3-5,8-11,14H,1,6-7H2,2H3,(H,22,23). The van der Waals surface area contributed by atoms with Crippen LogP contribution in [0.5, 0.6) is 0 Å². The average molecular weight is 428 g/mol. The molecule has 0 radical (unpaired) electrons. The molecule has 4 nitrogen and oxygen atoms in total. The number of aromatic nitrogens is 1. The SMILES string of the molecule is C=CN(C(=O)c1sc2nccc(NC3CC3)c2c1C)c1ccc(Br)cc1. The molecule has 3 aromatic rings. The van der Waals surface area contributed by atoms with E-state index in [-0.39, 0.29) is 5.91 Å². The van der Waals surface area contributed by atoms with Crippen LogP contribution in [0.4, 0.5) is 11.4 Å². The van der Waals surface area contributed by atoms with Crippen LogP contribution in [0.15, 0.2) is 53.8 Å². The summed E-state index contributed by atoms with van der Waals surface area (Å²) in [7, 11) is 0. The summed E-state index contributed by atoms with van der Waals surface area (Å²) >= 11 is 4.86. The van der Waals surface area contributed by atoms with Gasteiger partial charge in [0.05, 0.1) is 4.88 Å². The van der Waals surface area contributed by atoms with Crippen molar-refractivity contribution in [3.63, 3.8) is 0 Å². The Morgan fingerprint density at radius 3 is 2.73 bits per heavy atom. The zero-order valence-electron chi connectivity index (χ0n) is 14.3. The molecule has 2 heterocycles. The molecule has 26 heavy (non-hydrogen) atoms. The maximum Gasteiger partial charge on any atom is 0.272 e. The molecule has 0 bridgehead atoms. The van der Waals surface area contributed by atoms with Crippen LogP contribution in [0.3, 0.4) is 0 Å². The van der Waals surface area contributed by atoms with Crippen molar-refractivity contribution in [3.8, 4) is 0 Å². The van der Waals surface area contributed by atoms with Gasteiger partial charge in [-0.3, -0.25) is 9.69 Å². The molecule has 4 rings (SSSR count). The van der Waals surface area contributed by atoms with Crippen molar-refractivity contribution in [3.05, 3.63) is 64.2 Å². The fourth-order valence-corrected chi connectivity index (χ4v) is 4.33. The number of benzene rings is 1. The van der Waals surface area contributed by atoms with Gasteiger partial charge >= 0.3 is 0 Å². The minimum absolute atomic E-state index is 0.0832. The van der Waals surface area contributed by atoms with Crippen LogP contribution < -0.4 is 10.2 Å². The van der Waals surface area contributed by atoms with Gasteiger partial charge in [-0.25, -0.2) is 4.98 Å². The number of fused-ring (bicyclic) bond motifs is 1. The second-order valence-electron chi connectivity index (χ2n) is 6.35. The van der Waals surface area contributed by atoms with Gasteiger partial charge in [-0.1, -0.05) is 22.5 Å². The minimum atomic E-state index is -0.0832. The number of thiophene rings is 1. The topological polar surface area (TPSA) is 45.2 Å². The van der Waals surface area contributed by atoms with Gasteiger partial charge in [0.1, 0.15) is 4.83 Å². The second kappa shape index (κ2) is 6.85. The highest BCUT2D eigenvalue weighted by molar-refractivity contribution is 9.10. The molecular weight excluding hydrogens is 410 g/mol. The van der Waals surface area contributed by atoms with Crippen molar-refractivity contribution < 1.29 is 4.79 Å². The van der Waals surface area contributed by atoms with E-state index in [0.29, 0.717) is 10.9 Å². The van der Waals surface area contributed by atoms with E-state index < -0.39 is 0 Å². The number of halogens is 1. The minimum Gasteiger partial charge on any atom is -0.382 e. The Kier molecular flexibility index (Phi) is 4.54. The number of rotatable bonds is 5. The molecule has 0 atom stereocenters. The number of amides is 1. The molecule has 132 valence electrons. The maximum atomic E-state index is 13.2. The van der Waals surface area contributed by atoms with E-state index in [9.17, 15) is 4.79 Å². The van der Waals surface area contributed by atoms with E-state index in [1.165, 1.54) is 24.2 Å². The number of carbonyl (C=O) groups excluding carboxylic acids is 1. The summed E-state index contributed by atoms with van der Waals surface area (Å²) in [6.07, 6.45) is 5.77. The first kappa shape index (κ1) is 17.2. The molecular formula is C20H18BrN3OS. The monoisotopic (exact) mass is 427 g/mol. The lowest BCUT2D eigenvalue weighted by Gasteiger charge is -2.18. The Hall–Kier alpha value is -2.18. The summed E-state index contributed by atoms with van der Waals surface area (Å²) in [5, 5.41) is 4.60. The molecule has 2 aromatic heterocycles. The highest BCUT2D eigenvalue weighted by atomic mass is 79.9. The lowest BCUT2D eigenvalue weighted by atomic mass is 10.1. The van der Waals surface area contributed by atoms with Crippen molar-refractivity contribution in [2.45, 2.75) is 25.8 Å². The highest BCUT2D eigenvalue weighted by Gasteiger charge is 2.25. The third kappa shape index (κ3) is 3.15. The van der Waals surface area contributed by atoms with Gasteiger partial charge in [0.25, 0.3) is 5.91 Å². The van der Waals surface area contributed by atoms with Gasteiger partial charge in [0, 0.05) is 39.7 Å². The molecule has 1 aliphatic rings. The smallest absolute Gasteiger partial charge is 0.272 e. The fraction of sp³-hybridized carbons (Fsp3) is 0.200. The molecule has 0 saturated heterocycles. The molecule has 0 spiro atoms. The summed E-state index contributed by atoms with van der Waals surface area (Å²) in [5.41, 5.74) is 2.82. The van der Waals surface area contributed by atoms with E-state index in [2.05, 4.69) is 32.8 Å². The molecule has 1 aromatic carbocycles. The average Bonchev–Trinajstić information content (AvgIpc) is 3.39. The third-order valence-electron chi connectivity index (χ3n) is 4.47. The molecule has 6 heteroatoms. The van der Waals surface area contributed by atoms with Crippen LogP contribution >= 0.6 is 27.3 Å². The normalized spacial score (nSPS) is 13.6. The van der Waals surface area contributed by atoms with Crippen LogP contribution in [-0.4, -0.2) is 16.9 Å². The number of aryl methyl sites for hydroxylation is 1. The first-order valence-corrected chi connectivity index (χ1v) is 10.1. The molecule has 1 aliphatic carbocycles. The first-order valence-electron chi connectivity index (χ1n) is 8.45. The van der Waals surface area contributed by atoms with E-state index >= 15 is 0 Å².